The molecule has 0 saturated carbocycles. The number of nitrogens with one attached hydrogen (secondary N) is 1. The van der Waals surface area contributed by atoms with Crippen LogP contribution in [0.2, 0.25) is 10.0 Å². The van der Waals surface area contributed by atoms with E-state index in [0.29, 0.717) is 33.7 Å². The van der Waals surface area contributed by atoms with Crippen LogP contribution in [0.3, 0.4) is 0 Å². The van der Waals surface area contributed by atoms with E-state index in [1.54, 1.807) is 15.4 Å². The summed E-state index contributed by atoms with van der Waals surface area (Å²) in [7, 11) is 1.81. The van der Waals surface area contributed by atoms with Crippen molar-refractivity contribution in [2.24, 2.45) is 7.05 Å². The molecule has 3 aromatic rings. The van der Waals surface area contributed by atoms with Crippen LogP contribution in [0.25, 0.3) is 0 Å². The number of aryl methyl sites for hydroxylation is 3. The van der Waals surface area contributed by atoms with Crippen LogP contribution in [-0.2, 0) is 13.6 Å². The second-order valence-corrected chi connectivity index (χ2v) is 7.02. The Morgan fingerprint density at radius 2 is 1.85 bits per heavy atom. The molecule has 0 saturated heterocycles. The Kier molecular flexibility index (Phi) is 5.07. The fourth-order valence-electron chi connectivity index (χ4n) is 2.82. The predicted molar refractivity (Wildman–Crippen MR) is 103 cm³/mol. The lowest BCUT2D eigenvalue weighted by atomic mass is 10.2. The molecule has 0 unspecified atom stereocenters. The van der Waals surface area contributed by atoms with Gasteiger partial charge in [0.2, 0.25) is 0 Å². The molecule has 6 nitrogen and oxygen atoms in total. The summed E-state index contributed by atoms with van der Waals surface area (Å²) in [4.78, 5) is 12.6. The van der Waals surface area contributed by atoms with Crippen molar-refractivity contribution in [2.75, 3.05) is 5.32 Å². The van der Waals surface area contributed by atoms with Crippen molar-refractivity contribution >= 4 is 34.9 Å². The van der Waals surface area contributed by atoms with Gasteiger partial charge in [0.15, 0.2) is 5.82 Å². The number of carbonyl (C=O) groups is 1. The molecule has 0 atom stereocenters. The second kappa shape index (κ2) is 7.13. The Morgan fingerprint density at radius 3 is 2.46 bits per heavy atom. The van der Waals surface area contributed by atoms with Crippen molar-refractivity contribution in [2.45, 2.75) is 27.3 Å². The molecule has 1 aromatic carbocycles. The number of rotatable bonds is 4. The minimum absolute atomic E-state index is 0.215. The van der Waals surface area contributed by atoms with E-state index in [4.69, 9.17) is 23.2 Å². The van der Waals surface area contributed by atoms with E-state index >= 15 is 0 Å². The van der Waals surface area contributed by atoms with E-state index in [2.05, 4.69) is 15.5 Å². The van der Waals surface area contributed by atoms with Crippen LogP contribution in [0.5, 0.6) is 0 Å². The molecule has 26 heavy (non-hydrogen) atoms. The zero-order valence-corrected chi connectivity index (χ0v) is 16.5. The lowest BCUT2D eigenvalue weighted by Crippen LogP contribution is -2.15. The average Bonchev–Trinajstić information content (AvgIpc) is 3.02. The first kappa shape index (κ1) is 18.5. The molecule has 8 heteroatoms. The van der Waals surface area contributed by atoms with Gasteiger partial charge < -0.3 is 5.32 Å². The number of anilines is 1. The average molecular weight is 392 g/mol. The Bertz CT molecular complexity index is 990. The zero-order valence-electron chi connectivity index (χ0n) is 15.0. The van der Waals surface area contributed by atoms with Crippen LogP contribution in [0.1, 0.15) is 33.0 Å². The van der Waals surface area contributed by atoms with Gasteiger partial charge in [0, 0.05) is 24.5 Å². The van der Waals surface area contributed by atoms with E-state index in [1.165, 1.54) is 0 Å². The van der Waals surface area contributed by atoms with Gasteiger partial charge in [0.25, 0.3) is 5.91 Å². The molecule has 0 bridgehead atoms. The Balaban J connectivity index is 1.79. The van der Waals surface area contributed by atoms with Crippen molar-refractivity contribution < 1.29 is 4.79 Å². The molecule has 0 fully saturated rings. The van der Waals surface area contributed by atoms with E-state index in [0.717, 1.165) is 17.0 Å². The highest BCUT2D eigenvalue weighted by molar-refractivity contribution is 6.42. The maximum atomic E-state index is 12.6. The molecule has 136 valence electrons. The lowest BCUT2D eigenvalue weighted by molar-refractivity contribution is 0.102. The summed E-state index contributed by atoms with van der Waals surface area (Å²) < 4.78 is 3.50. The fourth-order valence-corrected chi connectivity index (χ4v) is 3.14. The number of hydrogen-bond acceptors (Lipinski definition) is 3. The normalized spacial score (nSPS) is 11.0. The van der Waals surface area contributed by atoms with E-state index in [-0.39, 0.29) is 5.91 Å². The van der Waals surface area contributed by atoms with Crippen molar-refractivity contribution in [3.8, 4) is 0 Å². The fraction of sp³-hybridized carbons (Fsp3) is 0.278. The third-order valence-corrected chi connectivity index (χ3v) is 5.01. The molecule has 3 rings (SSSR count). The Labute approximate surface area is 161 Å². The van der Waals surface area contributed by atoms with Gasteiger partial charge in [-0.25, -0.2) is 0 Å². The molecule has 0 aliphatic carbocycles. The maximum Gasteiger partial charge on any atom is 0.260 e. The topological polar surface area (TPSA) is 64.7 Å². The molecule has 1 N–H and O–H groups in total. The van der Waals surface area contributed by atoms with Gasteiger partial charge in [-0.15, -0.1) is 0 Å². The molecule has 0 spiro atoms. The summed E-state index contributed by atoms with van der Waals surface area (Å²) in [5.74, 6) is 0.280. The first-order valence-corrected chi connectivity index (χ1v) is 8.81. The quantitative estimate of drug-likeness (QED) is 0.726. The van der Waals surface area contributed by atoms with Crippen molar-refractivity contribution in [1.82, 2.24) is 19.6 Å². The highest BCUT2D eigenvalue weighted by atomic mass is 35.5. The summed E-state index contributed by atoms with van der Waals surface area (Å²) in [5.41, 5.74) is 3.97. The zero-order chi connectivity index (χ0) is 19.0. The molecule has 2 heterocycles. The van der Waals surface area contributed by atoms with Gasteiger partial charge >= 0.3 is 0 Å². The van der Waals surface area contributed by atoms with Crippen molar-refractivity contribution in [3.63, 3.8) is 0 Å². The SMILES string of the molecule is Cc1nn(C)c(C)c1C(=O)Nc1cc(C)n(Cc2ccc(Cl)c(Cl)c2)n1. The lowest BCUT2D eigenvalue weighted by Gasteiger charge is -2.06. The van der Waals surface area contributed by atoms with E-state index < -0.39 is 0 Å². The van der Waals surface area contributed by atoms with Crippen LogP contribution in [-0.4, -0.2) is 25.5 Å². The Hall–Kier alpha value is -2.31. The van der Waals surface area contributed by atoms with Gasteiger partial charge in [0.05, 0.1) is 27.8 Å². The number of aromatic nitrogens is 4. The van der Waals surface area contributed by atoms with Gasteiger partial charge in [-0.3, -0.25) is 14.2 Å². The van der Waals surface area contributed by atoms with E-state index in [9.17, 15) is 4.79 Å². The first-order valence-electron chi connectivity index (χ1n) is 8.06. The number of nitrogens with zero attached hydrogens (tertiary/aromatic N) is 4. The standard InChI is InChI=1S/C18H19Cl2N5O/c1-10-7-16(21-18(26)17-11(2)22-24(4)12(17)3)23-25(10)9-13-5-6-14(19)15(20)8-13/h5-8H,9H2,1-4H3,(H,21,23,26). The van der Waals surface area contributed by atoms with E-state index in [1.807, 2.05) is 46.0 Å². The molecule has 0 aliphatic rings. The van der Waals surface area contributed by atoms with Crippen LogP contribution in [0, 0.1) is 20.8 Å². The van der Waals surface area contributed by atoms with Gasteiger partial charge in [0.1, 0.15) is 0 Å². The highest BCUT2D eigenvalue weighted by Crippen LogP contribution is 2.23. The van der Waals surface area contributed by atoms with Crippen LogP contribution < -0.4 is 5.32 Å². The van der Waals surface area contributed by atoms with Crippen LogP contribution in [0.15, 0.2) is 24.3 Å². The summed E-state index contributed by atoms with van der Waals surface area (Å²) in [6.45, 7) is 6.14. The Morgan fingerprint density at radius 1 is 1.12 bits per heavy atom. The molecule has 2 aromatic heterocycles. The van der Waals surface area contributed by atoms with Crippen LogP contribution >= 0.6 is 23.2 Å². The second-order valence-electron chi connectivity index (χ2n) is 6.20. The van der Waals surface area contributed by atoms with Crippen molar-refractivity contribution in [1.29, 1.82) is 0 Å². The molecule has 0 aliphatic heterocycles. The number of benzene rings is 1. The summed E-state index contributed by atoms with van der Waals surface area (Å²) in [6.07, 6.45) is 0. The molecular formula is C18H19Cl2N5O. The highest BCUT2D eigenvalue weighted by Gasteiger charge is 2.18. The van der Waals surface area contributed by atoms with Crippen LogP contribution in [0.4, 0.5) is 5.82 Å². The third-order valence-electron chi connectivity index (χ3n) is 4.28. The number of carbonyl (C=O) groups excluding carboxylic acids is 1. The number of amides is 1. The number of hydrogen-bond donors (Lipinski definition) is 1. The van der Waals surface area contributed by atoms with Gasteiger partial charge in [-0.2, -0.15) is 10.2 Å². The largest absolute Gasteiger partial charge is 0.305 e. The summed E-state index contributed by atoms with van der Waals surface area (Å²) in [6, 6.07) is 7.30. The summed E-state index contributed by atoms with van der Waals surface area (Å²) in [5, 5.41) is 12.6. The molecule has 1 amide bonds. The number of halogens is 2. The third kappa shape index (κ3) is 3.61. The monoisotopic (exact) mass is 391 g/mol. The van der Waals surface area contributed by atoms with Gasteiger partial charge in [-0.1, -0.05) is 29.3 Å². The molecular weight excluding hydrogens is 373 g/mol. The summed E-state index contributed by atoms with van der Waals surface area (Å²) >= 11 is 12.0. The minimum atomic E-state index is -0.215. The first-order chi connectivity index (χ1) is 12.3. The predicted octanol–water partition coefficient (Wildman–Crippen LogP) is 4.15. The van der Waals surface area contributed by atoms with Crippen molar-refractivity contribution in [3.05, 3.63) is 62.5 Å². The minimum Gasteiger partial charge on any atom is -0.305 e. The van der Waals surface area contributed by atoms with Gasteiger partial charge in [-0.05, 0) is 38.5 Å². The molecule has 0 radical (unpaired) electrons. The smallest absolute Gasteiger partial charge is 0.260 e. The maximum absolute atomic E-state index is 12.6.